The fraction of sp³-hybridized carbons (Fsp3) is 0.364. The summed E-state index contributed by atoms with van der Waals surface area (Å²) in [5.74, 6) is 0.988. The van der Waals surface area contributed by atoms with Gasteiger partial charge in [0, 0.05) is 25.2 Å². The van der Waals surface area contributed by atoms with E-state index in [0.717, 1.165) is 24.0 Å². The van der Waals surface area contributed by atoms with Gasteiger partial charge in [-0.1, -0.05) is 30.3 Å². The van der Waals surface area contributed by atoms with Crippen molar-refractivity contribution in [1.29, 1.82) is 0 Å². The van der Waals surface area contributed by atoms with Crippen molar-refractivity contribution < 1.29 is 14.3 Å². The number of hydrogen-bond donors (Lipinski definition) is 2. The number of urea groups is 1. The lowest BCUT2D eigenvalue weighted by atomic mass is 9.96. The van der Waals surface area contributed by atoms with Crippen molar-refractivity contribution in [1.82, 2.24) is 10.2 Å². The third kappa shape index (κ3) is 4.82. The molecule has 0 unspecified atom stereocenters. The first-order chi connectivity index (χ1) is 13.6. The molecule has 0 spiro atoms. The second kappa shape index (κ2) is 9.26. The van der Waals surface area contributed by atoms with Crippen LogP contribution < -0.4 is 15.4 Å². The van der Waals surface area contributed by atoms with Gasteiger partial charge in [-0.2, -0.15) is 0 Å². The van der Waals surface area contributed by atoms with Gasteiger partial charge in [0.05, 0.1) is 12.8 Å². The molecule has 148 valence electrons. The van der Waals surface area contributed by atoms with Gasteiger partial charge in [-0.05, 0) is 49.4 Å². The number of aryl methyl sites for hydroxylation is 1. The van der Waals surface area contributed by atoms with Gasteiger partial charge in [-0.15, -0.1) is 0 Å². The molecule has 2 aromatic carbocycles. The second-order valence-electron chi connectivity index (χ2n) is 7.09. The van der Waals surface area contributed by atoms with Crippen LogP contribution in [0.15, 0.2) is 48.5 Å². The fourth-order valence-corrected chi connectivity index (χ4v) is 3.44. The minimum Gasteiger partial charge on any atom is -0.495 e. The van der Waals surface area contributed by atoms with E-state index >= 15 is 0 Å². The highest BCUT2D eigenvalue weighted by Gasteiger charge is 2.24. The van der Waals surface area contributed by atoms with Crippen molar-refractivity contribution in [2.24, 2.45) is 5.92 Å². The predicted molar refractivity (Wildman–Crippen MR) is 110 cm³/mol. The quantitative estimate of drug-likeness (QED) is 0.830. The van der Waals surface area contributed by atoms with E-state index in [9.17, 15) is 9.59 Å². The first-order valence-corrected chi connectivity index (χ1v) is 9.61. The zero-order valence-electron chi connectivity index (χ0n) is 16.4. The number of piperidine rings is 1. The summed E-state index contributed by atoms with van der Waals surface area (Å²) in [6.45, 7) is 3.92. The number of para-hydroxylation sites is 2. The summed E-state index contributed by atoms with van der Waals surface area (Å²) in [6.07, 6.45) is 1.74. The summed E-state index contributed by atoms with van der Waals surface area (Å²) in [5.41, 5.74) is 2.36. The highest BCUT2D eigenvalue weighted by atomic mass is 16.5. The number of carbonyl (C=O) groups excluding carboxylic acids is 2. The topological polar surface area (TPSA) is 70.7 Å². The Morgan fingerprint density at radius 1 is 1.07 bits per heavy atom. The number of nitrogens with one attached hydrogen (secondary N) is 2. The molecule has 0 bridgehead atoms. The van der Waals surface area contributed by atoms with Crippen LogP contribution in [0.4, 0.5) is 10.5 Å². The van der Waals surface area contributed by atoms with E-state index < -0.39 is 0 Å². The fourth-order valence-electron chi connectivity index (χ4n) is 3.44. The van der Waals surface area contributed by atoms with Crippen LogP contribution in [0.3, 0.4) is 0 Å². The van der Waals surface area contributed by atoms with E-state index in [1.807, 2.05) is 60.4 Å². The molecular formula is C22H27N3O3. The second-order valence-corrected chi connectivity index (χ2v) is 7.09. The van der Waals surface area contributed by atoms with Gasteiger partial charge in [-0.25, -0.2) is 4.79 Å². The molecule has 3 rings (SSSR count). The monoisotopic (exact) mass is 381 g/mol. The Morgan fingerprint density at radius 3 is 2.46 bits per heavy atom. The van der Waals surface area contributed by atoms with Crippen molar-refractivity contribution in [3.05, 3.63) is 59.7 Å². The van der Waals surface area contributed by atoms with E-state index in [1.54, 1.807) is 7.11 Å². The lowest BCUT2D eigenvalue weighted by Gasteiger charge is -2.32. The van der Waals surface area contributed by atoms with Crippen LogP contribution in [-0.2, 0) is 0 Å². The highest BCUT2D eigenvalue weighted by molar-refractivity contribution is 5.95. The SMILES string of the molecule is COc1ccccc1NC(=O)N1CCC(CNC(=O)c2ccccc2C)CC1. The predicted octanol–water partition coefficient (Wildman–Crippen LogP) is 3.68. The van der Waals surface area contributed by atoms with Crippen LogP contribution in [0, 0.1) is 12.8 Å². The minimum absolute atomic E-state index is 0.0329. The van der Waals surface area contributed by atoms with Crippen LogP contribution in [0.5, 0.6) is 5.75 Å². The van der Waals surface area contributed by atoms with E-state index in [4.69, 9.17) is 4.74 Å². The molecule has 0 atom stereocenters. The van der Waals surface area contributed by atoms with Crippen LogP contribution >= 0.6 is 0 Å². The Labute approximate surface area is 165 Å². The maximum absolute atomic E-state index is 12.5. The molecule has 1 aliphatic rings. The molecule has 1 fully saturated rings. The van der Waals surface area contributed by atoms with Gasteiger partial charge in [0.1, 0.15) is 5.75 Å². The smallest absolute Gasteiger partial charge is 0.321 e. The molecule has 0 aliphatic carbocycles. The molecule has 0 saturated carbocycles. The first kappa shape index (κ1) is 19.7. The van der Waals surface area contributed by atoms with Crippen LogP contribution in [0.25, 0.3) is 0 Å². The van der Waals surface area contributed by atoms with Gasteiger partial charge < -0.3 is 20.3 Å². The van der Waals surface area contributed by atoms with E-state index in [2.05, 4.69) is 10.6 Å². The average Bonchev–Trinajstić information content (AvgIpc) is 2.73. The van der Waals surface area contributed by atoms with Crippen molar-refractivity contribution in [3.63, 3.8) is 0 Å². The number of anilines is 1. The summed E-state index contributed by atoms with van der Waals surface area (Å²) < 4.78 is 5.28. The third-order valence-electron chi connectivity index (χ3n) is 5.19. The Balaban J connectivity index is 1.46. The summed E-state index contributed by atoms with van der Waals surface area (Å²) in [7, 11) is 1.59. The Kier molecular flexibility index (Phi) is 6.53. The number of rotatable bonds is 5. The van der Waals surface area contributed by atoms with Gasteiger partial charge in [0.15, 0.2) is 0 Å². The number of hydrogen-bond acceptors (Lipinski definition) is 3. The van der Waals surface area contributed by atoms with Crippen LogP contribution in [-0.4, -0.2) is 43.6 Å². The van der Waals surface area contributed by atoms with Crippen molar-refractivity contribution >= 4 is 17.6 Å². The molecule has 0 aromatic heterocycles. The lowest BCUT2D eigenvalue weighted by molar-refractivity contribution is 0.0938. The number of ether oxygens (including phenoxy) is 1. The number of nitrogens with zero attached hydrogens (tertiary/aromatic N) is 1. The molecule has 2 N–H and O–H groups in total. The van der Waals surface area contributed by atoms with Gasteiger partial charge >= 0.3 is 6.03 Å². The summed E-state index contributed by atoms with van der Waals surface area (Å²) in [6, 6.07) is 14.8. The average molecular weight is 381 g/mol. The summed E-state index contributed by atoms with van der Waals surface area (Å²) in [5, 5.41) is 5.95. The highest BCUT2D eigenvalue weighted by Crippen LogP contribution is 2.24. The molecule has 3 amide bonds. The lowest BCUT2D eigenvalue weighted by Crippen LogP contribution is -2.43. The van der Waals surface area contributed by atoms with E-state index in [0.29, 0.717) is 37.0 Å². The molecular weight excluding hydrogens is 354 g/mol. The van der Waals surface area contributed by atoms with Gasteiger partial charge in [0.2, 0.25) is 0 Å². The normalized spacial score (nSPS) is 14.4. The Morgan fingerprint density at radius 2 is 1.75 bits per heavy atom. The molecule has 6 nitrogen and oxygen atoms in total. The van der Waals surface area contributed by atoms with Gasteiger partial charge in [-0.3, -0.25) is 4.79 Å². The molecule has 2 aromatic rings. The van der Waals surface area contributed by atoms with Crippen molar-refractivity contribution in [2.45, 2.75) is 19.8 Å². The Hall–Kier alpha value is -3.02. The first-order valence-electron chi connectivity index (χ1n) is 9.61. The standard InChI is InChI=1S/C22H27N3O3/c1-16-7-3-4-8-18(16)21(26)23-15-17-11-13-25(14-12-17)22(27)24-19-9-5-6-10-20(19)28-2/h3-10,17H,11-15H2,1-2H3,(H,23,26)(H,24,27). The van der Waals surface area contributed by atoms with E-state index in [-0.39, 0.29) is 11.9 Å². The molecule has 0 radical (unpaired) electrons. The van der Waals surface area contributed by atoms with Crippen LogP contribution in [0.2, 0.25) is 0 Å². The van der Waals surface area contributed by atoms with Crippen LogP contribution in [0.1, 0.15) is 28.8 Å². The largest absolute Gasteiger partial charge is 0.495 e. The van der Waals surface area contributed by atoms with Gasteiger partial charge in [0.25, 0.3) is 5.91 Å². The number of benzene rings is 2. The number of carbonyl (C=O) groups is 2. The molecule has 1 aliphatic heterocycles. The molecule has 1 heterocycles. The minimum atomic E-state index is -0.119. The third-order valence-corrected chi connectivity index (χ3v) is 5.19. The number of methoxy groups -OCH3 is 1. The Bertz CT molecular complexity index is 829. The molecule has 6 heteroatoms. The zero-order chi connectivity index (χ0) is 19.9. The summed E-state index contributed by atoms with van der Waals surface area (Å²) in [4.78, 5) is 26.7. The molecule has 1 saturated heterocycles. The van der Waals surface area contributed by atoms with Crippen molar-refractivity contribution in [3.8, 4) is 5.75 Å². The number of amides is 3. The van der Waals surface area contributed by atoms with E-state index in [1.165, 1.54) is 0 Å². The maximum atomic E-state index is 12.5. The van der Waals surface area contributed by atoms with Crippen molar-refractivity contribution in [2.75, 3.05) is 32.1 Å². The number of likely N-dealkylation sites (tertiary alicyclic amines) is 1. The zero-order valence-corrected chi connectivity index (χ0v) is 16.4. The summed E-state index contributed by atoms with van der Waals surface area (Å²) >= 11 is 0. The molecule has 28 heavy (non-hydrogen) atoms. The maximum Gasteiger partial charge on any atom is 0.321 e.